The Balaban J connectivity index is 2.54. The summed E-state index contributed by atoms with van der Waals surface area (Å²) in [5, 5.41) is 0. The monoisotopic (exact) mass is 164 g/mol. The summed E-state index contributed by atoms with van der Waals surface area (Å²) in [5.41, 5.74) is 0.238. The van der Waals surface area contributed by atoms with Crippen LogP contribution < -0.4 is 0 Å². The molecule has 0 N–H and O–H groups in total. The fourth-order valence-electron chi connectivity index (χ4n) is 1.51. The molecule has 0 spiro atoms. The Morgan fingerprint density at radius 3 is 3.00 bits per heavy atom. The number of allylic oxidation sites excluding steroid dienone is 3. The Morgan fingerprint density at radius 1 is 1.75 bits per heavy atom. The van der Waals surface area contributed by atoms with Gasteiger partial charge in [0, 0.05) is 6.42 Å². The third-order valence-electron chi connectivity index (χ3n) is 2.53. The molecule has 0 aliphatic heterocycles. The molecule has 0 fully saturated rings. The summed E-state index contributed by atoms with van der Waals surface area (Å²) in [5.74, 6) is 0.270. The first-order chi connectivity index (χ1) is 5.66. The summed E-state index contributed by atoms with van der Waals surface area (Å²) in [7, 11) is 0. The van der Waals surface area contributed by atoms with E-state index in [1.165, 1.54) is 0 Å². The van der Waals surface area contributed by atoms with Crippen LogP contribution in [0, 0.1) is 5.41 Å². The summed E-state index contributed by atoms with van der Waals surface area (Å²) >= 11 is 0. The van der Waals surface area contributed by atoms with E-state index in [0.717, 1.165) is 19.3 Å². The minimum Gasteiger partial charge on any atom is -0.295 e. The molecule has 0 radical (unpaired) electrons. The maximum Gasteiger partial charge on any atom is 0.155 e. The minimum absolute atomic E-state index is 0.238. The molecular formula is C11H16O. The molecule has 0 aromatic heterocycles. The van der Waals surface area contributed by atoms with E-state index < -0.39 is 0 Å². The van der Waals surface area contributed by atoms with Crippen LogP contribution in [0.2, 0.25) is 0 Å². The molecule has 1 heteroatoms. The molecule has 66 valence electrons. The van der Waals surface area contributed by atoms with Gasteiger partial charge in [-0.15, -0.1) is 6.58 Å². The summed E-state index contributed by atoms with van der Waals surface area (Å²) < 4.78 is 0. The average molecular weight is 164 g/mol. The first-order valence-corrected chi connectivity index (χ1v) is 4.49. The first kappa shape index (κ1) is 9.24. The normalized spacial score (nSPS) is 28.9. The molecule has 0 aromatic rings. The van der Waals surface area contributed by atoms with E-state index in [-0.39, 0.29) is 11.2 Å². The highest BCUT2D eigenvalue weighted by Gasteiger charge is 2.24. The van der Waals surface area contributed by atoms with Crippen molar-refractivity contribution < 1.29 is 4.79 Å². The molecule has 1 unspecified atom stereocenters. The Morgan fingerprint density at radius 2 is 2.50 bits per heavy atom. The zero-order chi connectivity index (χ0) is 9.03. The standard InChI is InChI=1S/C11H16O/c1-3-4-7-11(2)8-5-10(12)6-9-11/h3,5,8H,1,4,6-7,9H2,2H3. The van der Waals surface area contributed by atoms with Gasteiger partial charge >= 0.3 is 0 Å². The molecule has 1 atom stereocenters. The van der Waals surface area contributed by atoms with Gasteiger partial charge < -0.3 is 0 Å². The molecule has 1 rings (SSSR count). The summed E-state index contributed by atoms with van der Waals surface area (Å²) in [6.07, 6.45) is 9.58. The molecule has 1 aliphatic carbocycles. The van der Waals surface area contributed by atoms with E-state index in [1.807, 2.05) is 6.08 Å². The summed E-state index contributed by atoms with van der Waals surface area (Å²) in [6.45, 7) is 5.91. The van der Waals surface area contributed by atoms with Crippen molar-refractivity contribution in [1.29, 1.82) is 0 Å². The second-order valence-corrected chi connectivity index (χ2v) is 3.78. The van der Waals surface area contributed by atoms with Gasteiger partial charge in [-0.1, -0.05) is 19.1 Å². The van der Waals surface area contributed by atoms with E-state index in [2.05, 4.69) is 19.6 Å². The number of rotatable bonds is 3. The number of ketones is 1. The maximum absolute atomic E-state index is 10.9. The van der Waals surface area contributed by atoms with Gasteiger partial charge in [-0.05, 0) is 30.8 Å². The SMILES string of the molecule is C=CCCC1(C)C=CC(=O)CC1. The maximum atomic E-state index is 10.9. The second kappa shape index (κ2) is 3.70. The predicted octanol–water partition coefficient (Wildman–Crippen LogP) is 2.88. The fourth-order valence-corrected chi connectivity index (χ4v) is 1.51. The van der Waals surface area contributed by atoms with E-state index >= 15 is 0 Å². The van der Waals surface area contributed by atoms with Crippen molar-refractivity contribution in [2.45, 2.75) is 32.6 Å². The molecule has 0 saturated heterocycles. The van der Waals surface area contributed by atoms with Crippen LogP contribution in [-0.4, -0.2) is 5.78 Å². The molecule has 1 aliphatic rings. The van der Waals surface area contributed by atoms with Crippen LogP contribution in [0.15, 0.2) is 24.8 Å². The van der Waals surface area contributed by atoms with Gasteiger partial charge in [0.1, 0.15) is 0 Å². The topological polar surface area (TPSA) is 17.1 Å². The molecule has 0 bridgehead atoms. The average Bonchev–Trinajstić information content (AvgIpc) is 2.08. The van der Waals surface area contributed by atoms with Crippen molar-refractivity contribution >= 4 is 5.78 Å². The minimum atomic E-state index is 0.238. The lowest BCUT2D eigenvalue weighted by Gasteiger charge is -2.27. The van der Waals surface area contributed by atoms with Gasteiger partial charge in [-0.3, -0.25) is 4.79 Å². The van der Waals surface area contributed by atoms with Crippen molar-refractivity contribution in [3.63, 3.8) is 0 Å². The highest BCUT2D eigenvalue weighted by Crippen LogP contribution is 2.33. The molecule has 12 heavy (non-hydrogen) atoms. The summed E-state index contributed by atoms with van der Waals surface area (Å²) in [4.78, 5) is 10.9. The number of carbonyl (C=O) groups is 1. The Kier molecular flexibility index (Phi) is 2.85. The largest absolute Gasteiger partial charge is 0.295 e. The zero-order valence-corrected chi connectivity index (χ0v) is 7.68. The van der Waals surface area contributed by atoms with Crippen molar-refractivity contribution in [2.75, 3.05) is 0 Å². The van der Waals surface area contributed by atoms with Crippen LogP contribution in [0.4, 0.5) is 0 Å². The molecule has 0 heterocycles. The first-order valence-electron chi connectivity index (χ1n) is 4.49. The van der Waals surface area contributed by atoms with Crippen LogP contribution in [0.25, 0.3) is 0 Å². The van der Waals surface area contributed by atoms with E-state index in [0.29, 0.717) is 6.42 Å². The van der Waals surface area contributed by atoms with E-state index in [4.69, 9.17) is 0 Å². The highest BCUT2D eigenvalue weighted by atomic mass is 16.1. The number of hydrogen-bond acceptors (Lipinski definition) is 1. The molecule has 0 saturated carbocycles. The van der Waals surface area contributed by atoms with Crippen molar-refractivity contribution in [2.24, 2.45) is 5.41 Å². The van der Waals surface area contributed by atoms with Gasteiger partial charge in [0.05, 0.1) is 0 Å². The summed E-state index contributed by atoms with van der Waals surface area (Å²) in [6, 6.07) is 0. The van der Waals surface area contributed by atoms with Gasteiger partial charge in [0.2, 0.25) is 0 Å². The van der Waals surface area contributed by atoms with Gasteiger partial charge in [-0.2, -0.15) is 0 Å². The Hall–Kier alpha value is -0.850. The van der Waals surface area contributed by atoms with Crippen LogP contribution in [0.1, 0.15) is 32.6 Å². The van der Waals surface area contributed by atoms with Gasteiger partial charge in [0.15, 0.2) is 5.78 Å². The van der Waals surface area contributed by atoms with E-state index in [9.17, 15) is 4.79 Å². The molecule has 0 amide bonds. The third-order valence-corrected chi connectivity index (χ3v) is 2.53. The Bertz CT molecular complexity index is 215. The Labute approximate surface area is 74.2 Å². The third kappa shape index (κ3) is 2.33. The van der Waals surface area contributed by atoms with Gasteiger partial charge in [-0.25, -0.2) is 0 Å². The van der Waals surface area contributed by atoms with Gasteiger partial charge in [0.25, 0.3) is 0 Å². The van der Waals surface area contributed by atoms with Crippen molar-refractivity contribution in [3.8, 4) is 0 Å². The van der Waals surface area contributed by atoms with Crippen LogP contribution in [0.5, 0.6) is 0 Å². The molecule has 0 aromatic carbocycles. The molecule has 1 nitrogen and oxygen atoms in total. The predicted molar refractivity (Wildman–Crippen MR) is 50.9 cm³/mol. The lowest BCUT2D eigenvalue weighted by molar-refractivity contribution is -0.115. The molecular weight excluding hydrogens is 148 g/mol. The fraction of sp³-hybridized carbons (Fsp3) is 0.545. The lowest BCUT2D eigenvalue weighted by atomic mass is 9.77. The van der Waals surface area contributed by atoms with E-state index in [1.54, 1.807) is 6.08 Å². The zero-order valence-electron chi connectivity index (χ0n) is 7.68. The quantitative estimate of drug-likeness (QED) is 0.586. The smallest absolute Gasteiger partial charge is 0.155 e. The number of hydrogen-bond donors (Lipinski definition) is 0. The lowest BCUT2D eigenvalue weighted by Crippen LogP contribution is -2.18. The second-order valence-electron chi connectivity index (χ2n) is 3.78. The van der Waals surface area contributed by atoms with Crippen LogP contribution >= 0.6 is 0 Å². The highest BCUT2D eigenvalue weighted by molar-refractivity contribution is 5.90. The van der Waals surface area contributed by atoms with Crippen LogP contribution in [0.3, 0.4) is 0 Å². The van der Waals surface area contributed by atoms with Crippen LogP contribution in [-0.2, 0) is 4.79 Å². The number of carbonyl (C=O) groups excluding carboxylic acids is 1. The van der Waals surface area contributed by atoms with Crippen molar-refractivity contribution in [1.82, 2.24) is 0 Å². The van der Waals surface area contributed by atoms with Crippen molar-refractivity contribution in [3.05, 3.63) is 24.8 Å².